The summed E-state index contributed by atoms with van der Waals surface area (Å²) in [5.74, 6) is 0.719. The molecule has 0 bridgehead atoms. The van der Waals surface area contributed by atoms with Crippen molar-refractivity contribution in [2.24, 2.45) is 5.92 Å². The van der Waals surface area contributed by atoms with E-state index < -0.39 is 0 Å². The van der Waals surface area contributed by atoms with Crippen LogP contribution in [0.15, 0.2) is 36.4 Å². The van der Waals surface area contributed by atoms with Gasteiger partial charge in [-0.15, -0.1) is 0 Å². The standard InChI is InChI=1S/C18H24/c1-13(2)10-14-6-7-16-12-17(18(3,4)5)9-8-15(16)11-14/h6-9,11-13H,10H2,1-5H3. The fourth-order valence-corrected chi connectivity index (χ4v) is 2.36. The molecule has 2 rings (SSSR count). The van der Waals surface area contributed by atoms with Crippen LogP contribution in [0.1, 0.15) is 45.7 Å². The van der Waals surface area contributed by atoms with Crippen molar-refractivity contribution in [1.82, 2.24) is 0 Å². The van der Waals surface area contributed by atoms with Gasteiger partial charge >= 0.3 is 0 Å². The normalized spacial score (nSPS) is 12.3. The van der Waals surface area contributed by atoms with Gasteiger partial charge in [0.15, 0.2) is 0 Å². The van der Waals surface area contributed by atoms with Gasteiger partial charge in [0.1, 0.15) is 0 Å². The molecule has 0 unspecified atom stereocenters. The summed E-state index contributed by atoms with van der Waals surface area (Å²) in [5, 5.41) is 2.72. The molecule has 0 aliphatic carbocycles. The number of hydrogen-bond donors (Lipinski definition) is 0. The van der Waals surface area contributed by atoms with Crippen molar-refractivity contribution in [3.63, 3.8) is 0 Å². The monoisotopic (exact) mass is 240 g/mol. The van der Waals surface area contributed by atoms with Crippen LogP contribution >= 0.6 is 0 Å². The molecule has 0 heteroatoms. The maximum atomic E-state index is 2.34. The molecule has 0 aliphatic heterocycles. The summed E-state index contributed by atoms with van der Waals surface area (Å²) in [4.78, 5) is 0. The van der Waals surface area contributed by atoms with E-state index in [0.29, 0.717) is 0 Å². The Morgan fingerprint density at radius 1 is 0.889 bits per heavy atom. The zero-order chi connectivity index (χ0) is 13.3. The van der Waals surface area contributed by atoms with Gasteiger partial charge in [0.05, 0.1) is 0 Å². The molecule has 0 fully saturated rings. The van der Waals surface area contributed by atoms with Crippen LogP contribution in [0.4, 0.5) is 0 Å². The number of fused-ring (bicyclic) bond motifs is 1. The minimum absolute atomic E-state index is 0.227. The third-order valence-corrected chi connectivity index (χ3v) is 3.41. The van der Waals surface area contributed by atoms with Gasteiger partial charge in [0, 0.05) is 0 Å². The first-order valence-corrected chi connectivity index (χ1v) is 6.89. The van der Waals surface area contributed by atoms with Crippen LogP contribution in [-0.4, -0.2) is 0 Å². The summed E-state index contributed by atoms with van der Waals surface area (Å²) in [6.45, 7) is 11.3. The number of benzene rings is 2. The number of hydrogen-bond acceptors (Lipinski definition) is 0. The van der Waals surface area contributed by atoms with E-state index in [1.807, 2.05) is 0 Å². The predicted octanol–water partition coefficient (Wildman–Crippen LogP) is 5.34. The maximum Gasteiger partial charge on any atom is -0.0132 e. The van der Waals surface area contributed by atoms with Gasteiger partial charge in [0.2, 0.25) is 0 Å². The molecular formula is C18H24. The van der Waals surface area contributed by atoms with Crippen LogP contribution in [0.5, 0.6) is 0 Å². The third kappa shape index (κ3) is 2.93. The van der Waals surface area contributed by atoms with E-state index in [0.717, 1.165) is 12.3 Å². The first kappa shape index (κ1) is 13.1. The molecule has 0 amide bonds. The molecule has 0 atom stereocenters. The molecule has 0 radical (unpaired) electrons. The topological polar surface area (TPSA) is 0 Å². The van der Waals surface area contributed by atoms with Gasteiger partial charge in [-0.05, 0) is 39.7 Å². The molecule has 0 saturated heterocycles. The molecule has 0 spiro atoms. The second kappa shape index (κ2) is 4.76. The molecule has 0 heterocycles. The van der Waals surface area contributed by atoms with Crippen molar-refractivity contribution in [3.8, 4) is 0 Å². The second-order valence-corrected chi connectivity index (χ2v) is 6.74. The molecule has 0 aromatic heterocycles. The lowest BCUT2D eigenvalue weighted by atomic mass is 9.85. The molecule has 0 nitrogen and oxygen atoms in total. The van der Waals surface area contributed by atoms with Gasteiger partial charge in [-0.2, -0.15) is 0 Å². The fourth-order valence-electron chi connectivity index (χ4n) is 2.36. The highest BCUT2D eigenvalue weighted by Crippen LogP contribution is 2.27. The highest BCUT2D eigenvalue weighted by molar-refractivity contribution is 5.84. The highest BCUT2D eigenvalue weighted by Gasteiger charge is 2.13. The molecule has 2 aromatic carbocycles. The Morgan fingerprint density at radius 3 is 2.11 bits per heavy atom. The molecule has 0 aliphatic rings. The Morgan fingerprint density at radius 2 is 1.50 bits per heavy atom. The molecule has 0 saturated carbocycles. The van der Waals surface area contributed by atoms with Crippen molar-refractivity contribution in [2.45, 2.75) is 46.5 Å². The molecule has 96 valence electrons. The Hall–Kier alpha value is -1.30. The first-order chi connectivity index (χ1) is 8.36. The van der Waals surface area contributed by atoms with Crippen molar-refractivity contribution >= 4 is 10.8 Å². The van der Waals surface area contributed by atoms with E-state index in [9.17, 15) is 0 Å². The lowest BCUT2D eigenvalue weighted by Gasteiger charge is -2.19. The van der Waals surface area contributed by atoms with Crippen molar-refractivity contribution in [1.29, 1.82) is 0 Å². The SMILES string of the molecule is CC(C)Cc1ccc2cc(C(C)(C)C)ccc2c1. The summed E-state index contributed by atoms with van der Waals surface area (Å²) < 4.78 is 0. The maximum absolute atomic E-state index is 2.34. The molecular weight excluding hydrogens is 216 g/mol. The third-order valence-electron chi connectivity index (χ3n) is 3.41. The lowest BCUT2D eigenvalue weighted by Crippen LogP contribution is -2.10. The fraction of sp³-hybridized carbons (Fsp3) is 0.444. The summed E-state index contributed by atoms with van der Waals surface area (Å²) in [5.41, 5.74) is 3.08. The van der Waals surface area contributed by atoms with Gasteiger partial charge in [-0.25, -0.2) is 0 Å². The van der Waals surface area contributed by atoms with Gasteiger partial charge < -0.3 is 0 Å². The average molecular weight is 240 g/mol. The summed E-state index contributed by atoms with van der Waals surface area (Å²) >= 11 is 0. The first-order valence-electron chi connectivity index (χ1n) is 6.89. The quantitative estimate of drug-likeness (QED) is 0.665. The smallest absolute Gasteiger partial charge is 0.0132 e. The Kier molecular flexibility index (Phi) is 3.47. The second-order valence-electron chi connectivity index (χ2n) is 6.74. The molecule has 2 aromatic rings. The minimum atomic E-state index is 0.227. The minimum Gasteiger partial charge on any atom is -0.0625 e. The molecule has 0 N–H and O–H groups in total. The van der Waals surface area contributed by atoms with Gasteiger partial charge in [-0.1, -0.05) is 71.0 Å². The zero-order valence-electron chi connectivity index (χ0n) is 12.2. The summed E-state index contributed by atoms with van der Waals surface area (Å²) in [6, 6.07) is 13.7. The van der Waals surface area contributed by atoms with Crippen LogP contribution in [0.3, 0.4) is 0 Å². The Labute approximate surface area is 111 Å². The van der Waals surface area contributed by atoms with Crippen molar-refractivity contribution in [2.75, 3.05) is 0 Å². The summed E-state index contributed by atoms with van der Waals surface area (Å²) in [7, 11) is 0. The van der Waals surface area contributed by atoms with E-state index >= 15 is 0 Å². The van der Waals surface area contributed by atoms with Crippen molar-refractivity contribution < 1.29 is 0 Å². The zero-order valence-corrected chi connectivity index (χ0v) is 12.2. The highest BCUT2D eigenvalue weighted by atomic mass is 14.2. The van der Waals surface area contributed by atoms with E-state index in [4.69, 9.17) is 0 Å². The van der Waals surface area contributed by atoms with Crippen LogP contribution in [0, 0.1) is 5.92 Å². The lowest BCUT2D eigenvalue weighted by molar-refractivity contribution is 0.591. The van der Waals surface area contributed by atoms with E-state index in [-0.39, 0.29) is 5.41 Å². The van der Waals surface area contributed by atoms with Crippen molar-refractivity contribution in [3.05, 3.63) is 47.5 Å². The van der Waals surface area contributed by atoms with Gasteiger partial charge in [-0.3, -0.25) is 0 Å². The molecule has 18 heavy (non-hydrogen) atoms. The average Bonchev–Trinajstić information content (AvgIpc) is 2.26. The van der Waals surface area contributed by atoms with Gasteiger partial charge in [0.25, 0.3) is 0 Å². The Bertz CT molecular complexity index is 541. The Balaban J connectivity index is 2.42. The van der Waals surface area contributed by atoms with E-state index in [1.165, 1.54) is 21.9 Å². The summed E-state index contributed by atoms with van der Waals surface area (Å²) in [6.07, 6.45) is 1.16. The van der Waals surface area contributed by atoms with Crippen LogP contribution in [0.2, 0.25) is 0 Å². The number of rotatable bonds is 2. The van der Waals surface area contributed by atoms with Crippen LogP contribution in [0.25, 0.3) is 10.8 Å². The van der Waals surface area contributed by atoms with E-state index in [1.54, 1.807) is 0 Å². The van der Waals surface area contributed by atoms with Crippen LogP contribution in [-0.2, 0) is 11.8 Å². The van der Waals surface area contributed by atoms with E-state index in [2.05, 4.69) is 71.0 Å². The largest absolute Gasteiger partial charge is 0.0625 e. The van der Waals surface area contributed by atoms with Crippen LogP contribution < -0.4 is 0 Å². The predicted molar refractivity (Wildman–Crippen MR) is 81.2 cm³/mol.